The van der Waals surface area contributed by atoms with E-state index in [0.29, 0.717) is 0 Å². The fraction of sp³-hybridized carbons (Fsp3) is 0.600. The summed E-state index contributed by atoms with van der Waals surface area (Å²) >= 11 is 0. The lowest BCUT2D eigenvalue weighted by atomic mass is 10.0. The molecule has 1 atom stereocenters. The minimum Gasteiger partial charge on any atom is -0.392 e. The predicted molar refractivity (Wildman–Crippen MR) is 69.0 cm³/mol. The van der Waals surface area contributed by atoms with Crippen LogP contribution in [0.4, 0.5) is 0 Å². The Morgan fingerprint density at radius 1 is 1.18 bits per heavy atom. The molecule has 0 bridgehead atoms. The molecule has 17 heavy (non-hydrogen) atoms. The van der Waals surface area contributed by atoms with Crippen molar-refractivity contribution in [2.45, 2.75) is 44.8 Å². The summed E-state index contributed by atoms with van der Waals surface area (Å²) in [4.78, 5) is 2.38. The summed E-state index contributed by atoms with van der Waals surface area (Å²) in [7, 11) is 0. The van der Waals surface area contributed by atoms with Crippen molar-refractivity contribution in [2.75, 3.05) is 13.1 Å². The maximum Gasteiger partial charge on any atom is 0.0667 e. The molecule has 1 N–H and O–H groups in total. The number of aliphatic hydroxyl groups excluding tert-OH is 1. The third-order valence-corrected chi connectivity index (χ3v) is 4.05. The maximum absolute atomic E-state index is 9.67. The minimum absolute atomic E-state index is 0.113. The molecule has 3 rings (SSSR count). The third kappa shape index (κ3) is 2.53. The second-order valence-electron chi connectivity index (χ2n) is 5.49. The fourth-order valence-corrected chi connectivity index (χ4v) is 3.16. The molecular formula is C15H21NO. The SMILES string of the molecule is O[C@H]1CCCN(Cc2ccc3c(c2)CCC3)C1. The first-order valence-electron chi connectivity index (χ1n) is 6.82. The number of likely N-dealkylation sites (tertiary alicyclic amines) is 1. The molecule has 1 saturated heterocycles. The van der Waals surface area contributed by atoms with Gasteiger partial charge < -0.3 is 5.11 Å². The molecule has 1 aliphatic carbocycles. The quantitative estimate of drug-likeness (QED) is 0.843. The van der Waals surface area contributed by atoms with Crippen molar-refractivity contribution in [3.63, 3.8) is 0 Å². The van der Waals surface area contributed by atoms with Crippen LogP contribution in [0.15, 0.2) is 18.2 Å². The molecule has 1 aromatic rings. The lowest BCUT2D eigenvalue weighted by Gasteiger charge is -2.30. The number of hydrogen-bond donors (Lipinski definition) is 1. The number of piperidine rings is 1. The number of benzene rings is 1. The van der Waals surface area contributed by atoms with Gasteiger partial charge in [-0.15, -0.1) is 0 Å². The van der Waals surface area contributed by atoms with Crippen LogP contribution in [0.25, 0.3) is 0 Å². The molecule has 1 aliphatic heterocycles. The summed E-state index contributed by atoms with van der Waals surface area (Å²) in [5.41, 5.74) is 4.52. The highest BCUT2D eigenvalue weighted by molar-refractivity contribution is 5.35. The van der Waals surface area contributed by atoms with Gasteiger partial charge in [0, 0.05) is 13.1 Å². The third-order valence-electron chi connectivity index (χ3n) is 4.05. The van der Waals surface area contributed by atoms with E-state index >= 15 is 0 Å². The molecule has 0 unspecified atom stereocenters. The van der Waals surface area contributed by atoms with Crippen molar-refractivity contribution in [3.8, 4) is 0 Å². The zero-order chi connectivity index (χ0) is 11.7. The first-order valence-corrected chi connectivity index (χ1v) is 6.82. The van der Waals surface area contributed by atoms with Gasteiger partial charge in [-0.25, -0.2) is 0 Å². The van der Waals surface area contributed by atoms with Gasteiger partial charge in [-0.05, 0) is 55.3 Å². The number of aliphatic hydroxyl groups is 1. The number of nitrogens with zero attached hydrogens (tertiary/aromatic N) is 1. The summed E-state index contributed by atoms with van der Waals surface area (Å²) in [5.74, 6) is 0. The molecule has 1 fully saturated rings. The fourth-order valence-electron chi connectivity index (χ4n) is 3.16. The average molecular weight is 231 g/mol. The van der Waals surface area contributed by atoms with E-state index in [-0.39, 0.29) is 6.10 Å². The highest BCUT2D eigenvalue weighted by Crippen LogP contribution is 2.24. The molecule has 0 spiro atoms. The molecular weight excluding hydrogens is 210 g/mol. The monoisotopic (exact) mass is 231 g/mol. The number of β-amino-alcohol motifs (C(OH)–C–C–N with tert-alkyl or cyclic N) is 1. The lowest BCUT2D eigenvalue weighted by Crippen LogP contribution is -2.37. The van der Waals surface area contributed by atoms with Crippen LogP contribution in [0.5, 0.6) is 0 Å². The van der Waals surface area contributed by atoms with Crippen molar-refractivity contribution < 1.29 is 5.11 Å². The van der Waals surface area contributed by atoms with Crippen LogP contribution in [-0.4, -0.2) is 29.2 Å². The number of fused-ring (bicyclic) bond motifs is 1. The number of rotatable bonds is 2. The first-order chi connectivity index (χ1) is 8.31. The van der Waals surface area contributed by atoms with Crippen molar-refractivity contribution >= 4 is 0 Å². The zero-order valence-electron chi connectivity index (χ0n) is 10.4. The zero-order valence-corrected chi connectivity index (χ0v) is 10.4. The van der Waals surface area contributed by atoms with E-state index in [4.69, 9.17) is 0 Å². The molecule has 2 heteroatoms. The Morgan fingerprint density at radius 2 is 2.06 bits per heavy atom. The summed E-state index contributed by atoms with van der Waals surface area (Å²) in [6.45, 7) is 2.98. The Kier molecular flexibility index (Phi) is 3.17. The summed E-state index contributed by atoms with van der Waals surface area (Å²) in [5, 5.41) is 9.67. The van der Waals surface area contributed by atoms with E-state index in [1.807, 2.05) is 0 Å². The van der Waals surface area contributed by atoms with Gasteiger partial charge in [-0.3, -0.25) is 4.90 Å². The van der Waals surface area contributed by atoms with E-state index in [1.54, 1.807) is 11.1 Å². The standard InChI is InChI=1S/C15H21NO/c17-15-5-2-8-16(11-15)10-12-6-7-13-3-1-4-14(13)9-12/h6-7,9,15,17H,1-5,8,10-11H2/t15-/m0/s1. The van der Waals surface area contributed by atoms with E-state index in [9.17, 15) is 5.11 Å². The second-order valence-corrected chi connectivity index (χ2v) is 5.49. The summed E-state index contributed by atoms with van der Waals surface area (Å²) in [6.07, 6.45) is 5.83. The molecule has 0 aromatic heterocycles. The number of hydrogen-bond acceptors (Lipinski definition) is 2. The Balaban J connectivity index is 1.68. The molecule has 0 amide bonds. The smallest absolute Gasteiger partial charge is 0.0667 e. The Morgan fingerprint density at radius 3 is 2.94 bits per heavy atom. The maximum atomic E-state index is 9.67. The van der Waals surface area contributed by atoms with Crippen LogP contribution in [0.3, 0.4) is 0 Å². The van der Waals surface area contributed by atoms with Crippen molar-refractivity contribution in [1.29, 1.82) is 0 Å². The van der Waals surface area contributed by atoms with Gasteiger partial charge in [0.05, 0.1) is 6.10 Å². The van der Waals surface area contributed by atoms with Crippen LogP contribution < -0.4 is 0 Å². The van der Waals surface area contributed by atoms with Gasteiger partial charge in [-0.1, -0.05) is 18.2 Å². The van der Waals surface area contributed by atoms with E-state index in [0.717, 1.165) is 32.5 Å². The van der Waals surface area contributed by atoms with E-state index < -0.39 is 0 Å². The van der Waals surface area contributed by atoms with Gasteiger partial charge in [0.1, 0.15) is 0 Å². The van der Waals surface area contributed by atoms with Crippen molar-refractivity contribution in [1.82, 2.24) is 4.90 Å². The second kappa shape index (κ2) is 4.79. The van der Waals surface area contributed by atoms with Crippen LogP contribution in [-0.2, 0) is 19.4 Å². The molecule has 2 nitrogen and oxygen atoms in total. The van der Waals surface area contributed by atoms with Gasteiger partial charge in [0.2, 0.25) is 0 Å². The van der Waals surface area contributed by atoms with Crippen molar-refractivity contribution in [2.24, 2.45) is 0 Å². The van der Waals surface area contributed by atoms with Crippen LogP contribution in [0.2, 0.25) is 0 Å². The van der Waals surface area contributed by atoms with Gasteiger partial charge in [0.25, 0.3) is 0 Å². The summed E-state index contributed by atoms with van der Waals surface area (Å²) < 4.78 is 0. The molecule has 92 valence electrons. The Hall–Kier alpha value is -0.860. The molecule has 0 saturated carbocycles. The van der Waals surface area contributed by atoms with E-state index in [2.05, 4.69) is 23.1 Å². The summed E-state index contributed by atoms with van der Waals surface area (Å²) in [6, 6.07) is 6.95. The predicted octanol–water partition coefficient (Wildman–Crippen LogP) is 2.13. The average Bonchev–Trinajstić information content (AvgIpc) is 2.76. The van der Waals surface area contributed by atoms with Crippen LogP contribution in [0, 0.1) is 0 Å². The lowest BCUT2D eigenvalue weighted by molar-refractivity contribution is 0.0668. The van der Waals surface area contributed by atoms with Gasteiger partial charge in [-0.2, -0.15) is 0 Å². The van der Waals surface area contributed by atoms with Crippen LogP contribution >= 0.6 is 0 Å². The molecule has 1 heterocycles. The first kappa shape index (κ1) is 11.2. The van der Waals surface area contributed by atoms with Crippen molar-refractivity contribution in [3.05, 3.63) is 34.9 Å². The Bertz CT molecular complexity index is 402. The normalized spacial score (nSPS) is 24.9. The number of aryl methyl sites for hydroxylation is 2. The van der Waals surface area contributed by atoms with Gasteiger partial charge in [0.15, 0.2) is 0 Å². The molecule has 0 radical (unpaired) electrons. The Labute approximate surface area is 103 Å². The van der Waals surface area contributed by atoms with E-state index in [1.165, 1.54) is 24.8 Å². The molecule has 2 aliphatic rings. The van der Waals surface area contributed by atoms with Crippen LogP contribution in [0.1, 0.15) is 36.0 Å². The molecule has 1 aromatic carbocycles. The largest absolute Gasteiger partial charge is 0.392 e. The van der Waals surface area contributed by atoms with Gasteiger partial charge >= 0.3 is 0 Å². The topological polar surface area (TPSA) is 23.5 Å². The minimum atomic E-state index is -0.113. The highest BCUT2D eigenvalue weighted by atomic mass is 16.3. The highest BCUT2D eigenvalue weighted by Gasteiger charge is 2.18.